The summed E-state index contributed by atoms with van der Waals surface area (Å²) in [7, 11) is 0. The highest BCUT2D eigenvalue weighted by Crippen LogP contribution is 2.30. The van der Waals surface area contributed by atoms with Crippen molar-refractivity contribution in [3.8, 4) is 0 Å². The summed E-state index contributed by atoms with van der Waals surface area (Å²) in [6.07, 6.45) is 0.309. The van der Waals surface area contributed by atoms with Gasteiger partial charge in [-0.2, -0.15) is 4.98 Å². The van der Waals surface area contributed by atoms with E-state index in [1.165, 1.54) is 0 Å². The van der Waals surface area contributed by atoms with Crippen LogP contribution in [0.15, 0.2) is 34.9 Å². The number of benzene rings is 1. The van der Waals surface area contributed by atoms with Crippen molar-refractivity contribution in [3.63, 3.8) is 0 Å². The van der Waals surface area contributed by atoms with Gasteiger partial charge in [-0.3, -0.25) is 4.79 Å². The lowest BCUT2D eigenvalue weighted by Gasteiger charge is -2.23. The molecule has 0 saturated carbocycles. The van der Waals surface area contributed by atoms with Crippen LogP contribution in [0.4, 0.5) is 0 Å². The van der Waals surface area contributed by atoms with Crippen LogP contribution in [0.3, 0.4) is 0 Å². The molecule has 25 heavy (non-hydrogen) atoms. The maximum atomic E-state index is 12.8. The Morgan fingerprint density at radius 3 is 2.36 bits per heavy atom. The summed E-state index contributed by atoms with van der Waals surface area (Å²) in [5.74, 6) is 0.540. The number of carbonyl (C=O) groups is 1. The third-order valence-corrected chi connectivity index (χ3v) is 4.38. The molecule has 0 fully saturated rings. The van der Waals surface area contributed by atoms with Crippen LogP contribution in [0.2, 0.25) is 0 Å². The van der Waals surface area contributed by atoms with Gasteiger partial charge in [0.2, 0.25) is 0 Å². The lowest BCUT2D eigenvalue weighted by atomic mass is 9.85. The van der Waals surface area contributed by atoms with E-state index in [4.69, 9.17) is 9.26 Å². The average Bonchev–Trinajstić information content (AvgIpc) is 3.06. The fourth-order valence-electron chi connectivity index (χ4n) is 2.60. The molecule has 1 aromatic heterocycles. The molecule has 1 aromatic carbocycles. The standard InChI is InChI=1S/C20H28N2O3/c1-7-13(2)16(15-11-9-8-10-12-15)18(23)24-14(3)17-21-19(22-25-17)20(4,5)6/h8-14,16H,7H2,1-6H3. The third-order valence-electron chi connectivity index (χ3n) is 4.38. The van der Waals surface area contributed by atoms with Crippen LogP contribution in [0.1, 0.15) is 77.3 Å². The highest BCUT2D eigenvalue weighted by molar-refractivity contribution is 5.78. The predicted molar refractivity (Wildman–Crippen MR) is 96.1 cm³/mol. The van der Waals surface area contributed by atoms with Gasteiger partial charge in [-0.15, -0.1) is 0 Å². The van der Waals surface area contributed by atoms with E-state index in [-0.39, 0.29) is 23.2 Å². The molecule has 5 nitrogen and oxygen atoms in total. The second-order valence-corrected chi connectivity index (χ2v) is 7.56. The van der Waals surface area contributed by atoms with Crippen molar-refractivity contribution in [2.75, 3.05) is 0 Å². The van der Waals surface area contributed by atoms with Crippen LogP contribution in [0.25, 0.3) is 0 Å². The quantitative estimate of drug-likeness (QED) is 0.704. The molecule has 5 heteroatoms. The molecule has 0 saturated heterocycles. The summed E-state index contributed by atoms with van der Waals surface area (Å²) in [4.78, 5) is 17.2. The van der Waals surface area contributed by atoms with Crippen LogP contribution in [0, 0.1) is 5.92 Å². The van der Waals surface area contributed by atoms with E-state index in [9.17, 15) is 4.79 Å². The normalized spacial score (nSPS) is 15.4. The van der Waals surface area contributed by atoms with E-state index in [2.05, 4.69) is 24.0 Å². The van der Waals surface area contributed by atoms with Crippen LogP contribution >= 0.6 is 0 Å². The van der Waals surface area contributed by atoms with Crippen molar-refractivity contribution >= 4 is 5.97 Å². The fraction of sp³-hybridized carbons (Fsp3) is 0.550. The molecule has 1 heterocycles. The second kappa shape index (κ2) is 7.81. The van der Waals surface area contributed by atoms with Crippen molar-refractivity contribution in [1.82, 2.24) is 10.1 Å². The highest BCUT2D eigenvalue weighted by atomic mass is 16.6. The maximum Gasteiger partial charge on any atom is 0.314 e. The Morgan fingerprint density at radius 2 is 1.84 bits per heavy atom. The van der Waals surface area contributed by atoms with Crippen LogP contribution < -0.4 is 0 Å². The van der Waals surface area contributed by atoms with Crippen molar-refractivity contribution in [1.29, 1.82) is 0 Å². The molecule has 0 aliphatic rings. The molecule has 2 rings (SSSR count). The SMILES string of the molecule is CCC(C)C(C(=O)OC(C)c1nc(C(C)(C)C)no1)c1ccccc1. The molecule has 136 valence electrons. The Kier molecular flexibility index (Phi) is 5.98. The van der Waals surface area contributed by atoms with Gasteiger partial charge in [0.05, 0.1) is 5.92 Å². The molecule has 2 aromatic rings. The first-order valence-electron chi connectivity index (χ1n) is 8.83. The molecule has 3 atom stereocenters. The minimum Gasteiger partial charge on any atom is -0.452 e. The van der Waals surface area contributed by atoms with Gasteiger partial charge in [-0.05, 0) is 18.4 Å². The molecule has 0 aliphatic carbocycles. The predicted octanol–water partition coefficient (Wildman–Crippen LogP) is 4.80. The van der Waals surface area contributed by atoms with Crippen molar-refractivity contribution in [2.24, 2.45) is 5.92 Å². The van der Waals surface area contributed by atoms with Gasteiger partial charge in [-0.1, -0.05) is 76.5 Å². The van der Waals surface area contributed by atoms with Crippen molar-refractivity contribution < 1.29 is 14.1 Å². The number of ether oxygens (including phenoxy) is 1. The largest absolute Gasteiger partial charge is 0.452 e. The number of esters is 1. The monoisotopic (exact) mass is 344 g/mol. The molecule has 0 radical (unpaired) electrons. The van der Waals surface area contributed by atoms with Gasteiger partial charge in [0.25, 0.3) is 5.89 Å². The average molecular weight is 344 g/mol. The zero-order chi connectivity index (χ0) is 18.6. The van der Waals surface area contributed by atoms with Crippen LogP contribution in [-0.4, -0.2) is 16.1 Å². The van der Waals surface area contributed by atoms with Gasteiger partial charge >= 0.3 is 5.97 Å². The van der Waals surface area contributed by atoms with Gasteiger partial charge < -0.3 is 9.26 Å². The molecule has 0 aliphatic heterocycles. The number of nitrogens with zero attached hydrogens (tertiary/aromatic N) is 2. The Hall–Kier alpha value is -2.17. The van der Waals surface area contributed by atoms with E-state index in [0.29, 0.717) is 11.7 Å². The molecule has 0 spiro atoms. The summed E-state index contributed by atoms with van der Waals surface area (Å²) < 4.78 is 11.0. The Labute approximate surface area is 149 Å². The van der Waals surface area contributed by atoms with Crippen molar-refractivity contribution in [3.05, 3.63) is 47.6 Å². The van der Waals surface area contributed by atoms with E-state index < -0.39 is 6.10 Å². The third kappa shape index (κ3) is 4.68. The summed E-state index contributed by atoms with van der Waals surface area (Å²) in [5.41, 5.74) is 0.754. The second-order valence-electron chi connectivity index (χ2n) is 7.56. The summed E-state index contributed by atoms with van der Waals surface area (Å²) in [5, 5.41) is 3.99. The van der Waals surface area contributed by atoms with Gasteiger partial charge in [0.15, 0.2) is 11.9 Å². The first-order chi connectivity index (χ1) is 11.7. The maximum absolute atomic E-state index is 12.8. The smallest absolute Gasteiger partial charge is 0.314 e. The van der Waals surface area contributed by atoms with E-state index in [0.717, 1.165) is 12.0 Å². The first-order valence-corrected chi connectivity index (χ1v) is 8.83. The minimum atomic E-state index is -0.577. The molecule has 3 unspecified atom stereocenters. The number of carbonyl (C=O) groups excluding carboxylic acids is 1. The zero-order valence-corrected chi connectivity index (χ0v) is 15.9. The molecular formula is C20H28N2O3. The fourth-order valence-corrected chi connectivity index (χ4v) is 2.60. The number of hydrogen-bond acceptors (Lipinski definition) is 5. The van der Waals surface area contributed by atoms with Crippen LogP contribution in [-0.2, 0) is 14.9 Å². The van der Waals surface area contributed by atoms with E-state index in [1.54, 1.807) is 6.92 Å². The number of hydrogen-bond donors (Lipinski definition) is 0. The Balaban J connectivity index is 2.16. The number of aromatic nitrogens is 2. The number of rotatable bonds is 6. The Bertz CT molecular complexity index is 688. The van der Waals surface area contributed by atoms with Crippen molar-refractivity contribution in [2.45, 2.75) is 65.4 Å². The van der Waals surface area contributed by atoms with Gasteiger partial charge in [-0.25, -0.2) is 0 Å². The van der Waals surface area contributed by atoms with E-state index in [1.807, 2.05) is 51.1 Å². The molecule has 0 bridgehead atoms. The highest BCUT2D eigenvalue weighted by Gasteiger charge is 2.31. The summed E-state index contributed by atoms with van der Waals surface area (Å²) >= 11 is 0. The lowest BCUT2D eigenvalue weighted by Crippen LogP contribution is -2.23. The molecule has 0 amide bonds. The topological polar surface area (TPSA) is 65.2 Å². The first kappa shape index (κ1) is 19.2. The zero-order valence-electron chi connectivity index (χ0n) is 15.9. The van der Waals surface area contributed by atoms with Crippen LogP contribution in [0.5, 0.6) is 0 Å². The van der Waals surface area contributed by atoms with E-state index >= 15 is 0 Å². The summed E-state index contributed by atoms with van der Waals surface area (Å²) in [6, 6.07) is 9.75. The minimum absolute atomic E-state index is 0.176. The molecular weight excluding hydrogens is 316 g/mol. The van der Waals surface area contributed by atoms with Gasteiger partial charge in [0, 0.05) is 5.41 Å². The summed E-state index contributed by atoms with van der Waals surface area (Å²) in [6.45, 7) is 11.9. The Morgan fingerprint density at radius 1 is 1.20 bits per heavy atom. The van der Waals surface area contributed by atoms with Gasteiger partial charge in [0.1, 0.15) is 0 Å². The lowest BCUT2D eigenvalue weighted by molar-refractivity contribution is -0.153. The molecule has 0 N–H and O–H groups in total.